The van der Waals surface area contributed by atoms with E-state index in [4.69, 9.17) is 9.47 Å². The molecule has 0 bridgehead atoms. The lowest BCUT2D eigenvalue weighted by Crippen LogP contribution is -2.25. The minimum absolute atomic E-state index is 0.0430. The number of fused-ring (bicyclic) bond motifs is 1. The number of rotatable bonds is 9. The maximum Gasteiger partial charge on any atom is 0.307 e. The topological polar surface area (TPSA) is 90.0 Å². The molecule has 0 aliphatic carbocycles. The Morgan fingerprint density at radius 1 is 1.08 bits per heavy atom. The third-order valence-corrected chi connectivity index (χ3v) is 5.78. The monoisotopic (exact) mass is 520 g/mol. The molecule has 1 atom stereocenters. The molecule has 0 radical (unpaired) electrons. The number of carbonyl (C=O) groups is 1. The van der Waals surface area contributed by atoms with E-state index in [1.165, 1.54) is 13.2 Å². The van der Waals surface area contributed by atoms with Gasteiger partial charge in [-0.2, -0.15) is 5.10 Å². The molecule has 0 amide bonds. The summed E-state index contributed by atoms with van der Waals surface area (Å²) in [7, 11) is 1.42. The van der Waals surface area contributed by atoms with Crippen molar-refractivity contribution in [3.05, 3.63) is 83.2 Å². The van der Waals surface area contributed by atoms with Crippen LogP contribution in [0.2, 0.25) is 0 Å². The van der Waals surface area contributed by atoms with Crippen molar-refractivity contribution in [2.24, 2.45) is 0 Å². The van der Waals surface area contributed by atoms with Crippen LogP contribution in [0.25, 0.3) is 11.0 Å². The average molecular weight is 521 g/mol. The number of hydrogen-bond acceptors (Lipinski definition) is 6. The van der Waals surface area contributed by atoms with Crippen molar-refractivity contribution >= 4 is 17.0 Å². The summed E-state index contributed by atoms with van der Waals surface area (Å²) in [5.41, 5.74) is 3.34. The fourth-order valence-electron chi connectivity index (χ4n) is 4.12. The molecule has 0 spiro atoms. The van der Waals surface area contributed by atoms with Crippen molar-refractivity contribution in [2.45, 2.75) is 71.8 Å². The number of aromatic nitrogens is 4. The van der Waals surface area contributed by atoms with Gasteiger partial charge in [0.2, 0.25) is 0 Å². The van der Waals surface area contributed by atoms with Gasteiger partial charge in [0, 0.05) is 28.9 Å². The highest BCUT2D eigenvalue weighted by Crippen LogP contribution is 2.31. The third-order valence-electron chi connectivity index (χ3n) is 5.78. The minimum Gasteiger partial charge on any atom is -0.494 e. The van der Waals surface area contributed by atoms with Crippen LogP contribution in [0.4, 0.5) is 4.39 Å². The fraction of sp³-hybridized carbons (Fsp3) is 0.400. The van der Waals surface area contributed by atoms with E-state index in [0.29, 0.717) is 11.3 Å². The Kier molecular flexibility index (Phi) is 9.93. The summed E-state index contributed by atoms with van der Waals surface area (Å²) in [6.45, 7) is 9.46. The Labute approximate surface area is 223 Å². The number of pyridine rings is 2. The third kappa shape index (κ3) is 7.84. The van der Waals surface area contributed by atoms with Crippen LogP contribution in [0, 0.1) is 5.82 Å². The number of nitrogens with zero attached hydrogens (tertiary/aromatic N) is 3. The predicted molar refractivity (Wildman–Crippen MR) is 147 cm³/mol. The summed E-state index contributed by atoms with van der Waals surface area (Å²) in [6.07, 6.45) is 4.20. The second kappa shape index (κ2) is 13.1. The van der Waals surface area contributed by atoms with Crippen LogP contribution in [0.1, 0.15) is 76.0 Å². The number of aromatic amines is 1. The maximum absolute atomic E-state index is 14.5. The normalized spacial score (nSPS) is 12.0. The molecule has 0 saturated carbocycles. The van der Waals surface area contributed by atoms with Gasteiger partial charge in [0.15, 0.2) is 17.2 Å². The highest BCUT2D eigenvalue weighted by Gasteiger charge is 2.26. The zero-order chi connectivity index (χ0) is 27.7. The van der Waals surface area contributed by atoms with Crippen LogP contribution in [0.3, 0.4) is 0 Å². The first-order valence-electron chi connectivity index (χ1n) is 13.0. The molecule has 0 fully saturated rings. The van der Waals surface area contributed by atoms with E-state index in [2.05, 4.69) is 20.2 Å². The van der Waals surface area contributed by atoms with E-state index in [9.17, 15) is 9.18 Å². The van der Waals surface area contributed by atoms with Gasteiger partial charge in [-0.3, -0.25) is 9.89 Å². The van der Waals surface area contributed by atoms with Crippen LogP contribution < -0.4 is 4.74 Å². The van der Waals surface area contributed by atoms with E-state index >= 15 is 0 Å². The zero-order valence-corrected chi connectivity index (χ0v) is 23.0. The molecule has 7 nitrogen and oxygen atoms in total. The standard InChI is InChI=1S/C28H31FN4O3.C2H6/c1-28(2,3)36-26(34)17-22(19-11-13-25(35-4)23(29)15-19)24-16-21(32-33-24)9-5-8-20-12-10-18-7-6-14-30-27(18)31-20;1-2/h6-7,10-16,22H,5,8-9,17H2,1-4H3,(H,32,33);1-2H3. The number of benzene rings is 1. The largest absolute Gasteiger partial charge is 0.494 e. The second-order valence-corrected chi connectivity index (χ2v) is 9.76. The molecular formula is C30H37FN4O3. The number of nitrogens with one attached hydrogen (secondary N) is 1. The molecule has 202 valence electrons. The van der Waals surface area contributed by atoms with Gasteiger partial charge in [-0.05, 0) is 88.1 Å². The van der Waals surface area contributed by atoms with Crippen LogP contribution in [0.15, 0.2) is 54.7 Å². The molecule has 8 heteroatoms. The van der Waals surface area contributed by atoms with Gasteiger partial charge in [0.25, 0.3) is 0 Å². The lowest BCUT2D eigenvalue weighted by molar-refractivity contribution is -0.155. The minimum atomic E-state index is -0.615. The Morgan fingerprint density at radius 3 is 2.58 bits per heavy atom. The fourth-order valence-corrected chi connectivity index (χ4v) is 4.12. The van der Waals surface area contributed by atoms with Crippen molar-refractivity contribution in [3.63, 3.8) is 0 Å². The molecule has 0 aliphatic heterocycles. The van der Waals surface area contributed by atoms with Gasteiger partial charge in [-0.1, -0.05) is 19.9 Å². The van der Waals surface area contributed by atoms with Gasteiger partial charge in [0.05, 0.1) is 19.2 Å². The van der Waals surface area contributed by atoms with Crippen LogP contribution in [0.5, 0.6) is 5.75 Å². The molecule has 3 aromatic heterocycles. The molecule has 38 heavy (non-hydrogen) atoms. The molecular weight excluding hydrogens is 483 g/mol. The van der Waals surface area contributed by atoms with Gasteiger partial charge in [-0.15, -0.1) is 0 Å². The molecule has 0 aliphatic rings. The molecule has 3 heterocycles. The number of halogens is 1. The zero-order valence-electron chi connectivity index (χ0n) is 23.0. The quantitative estimate of drug-likeness (QED) is 0.251. The van der Waals surface area contributed by atoms with Crippen molar-refractivity contribution in [3.8, 4) is 5.75 Å². The van der Waals surface area contributed by atoms with Crippen molar-refractivity contribution in [2.75, 3.05) is 7.11 Å². The van der Waals surface area contributed by atoms with Gasteiger partial charge >= 0.3 is 5.97 Å². The van der Waals surface area contributed by atoms with E-state index in [-0.39, 0.29) is 18.1 Å². The lowest BCUT2D eigenvalue weighted by Gasteiger charge is -2.22. The van der Waals surface area contributed by atoms with Gasteiger partial charge < -0.3 is 9.47 Å². The molecule has 0 saturated heterocycles. The summed E-state index contributed by atoms with van der Waals surface area (Å²) >= 11 is 0. The van der Waals surface area contributed by atoms with Crippen LogP contribution >= 0.6 is 0 Å². The van der Waals surface area contributed by atoms with Crippen LogP contribution in [-0.4, -0.2) is 38.8 Å². The number of aryl methyl sites for hydroxylation is 2. The molecule has 1 N–H and O–H groups in total. The number of hydrogen-bond donors (Lipinski definition) is 1. The summed E-state index contributed by atoms with van der Waals surface area (Å²) < 4.78 is 25.1. The van der Waals surface area contributed by atoms with E-state index in [0.717, 1.165) is 41.7 Å². The van der Waals surface area contributed by atoms with Gasteiger partial charge in [-0.25, -0.2) is 14.4 Å². The van der Waals surface area contributed by atoms with Crippen LogP contribution in [-0.2, 0) is 22.4 Å². The summed E-state index contributed by atoms with van der Waals surface area (Å²) in [5, 5.41) is 8.57. The van der Waals surface area contributed by atoms with Gasteiger partial charge in [0.1, 0.15) is 5.60 Å². The lowest BCUT2D eigenvalue weighted by atomic mass is 9.91. The molecule has 1 aromatic carbocycles. The smallest absolute Gasteiger partial charge is 0.307 e. The Morgan fingerprint density at radius 2 is 1.87 bits per heavy atom. The average Bonchev–Trinajstić information content (AvgIpc) is 3.36. The first kappa shape index (κ1) is 28.8. The van der Waals surface area contributed by atoms with Crippen molar-refractivity contribution in [1.29, 1.82) is 0 Å². The first-order chi connectivity index (χ1) is 18.2. The summed E-state index contributed by atoms with van der Waals surface area (Å²) in [5.74, 6) is -1.17. The van der Waals surface area contributed by atoms with Crippen molar-refractivity contribution in [1.82, 2.24) is 20.2 Å². The predicted octanol–water partition coefficient (Wildman–Crippen LogP) is 6.57. The Hall–Kier alpha value is -3.81. The highest BCUT2D eigenvalue weighted by atomic mass is 19.1. The SMILES string of the molecule is CC.COc1ccc(C(CC(=O)OC(C)(C)C)c2cc(CCCc3ccc4cccnc4n3)[nH]n2)cc1F. The summed E-state index contributed by atoms with van der Waals surface area (Å²) in [6, 6.07) is 14.6. The maximum atomic E-state index is 14.5. The van der Waals surface area contributed by atoms with Crippen molar-refractivity contribution < 1.29 is 18.7 Å². The number of carbonyl (C=O) groups excluding carboxylic acids is 1. The highest BCUT2D eigenvalue weighted by molar-refractivity contribution is 5.74. The van der Waals surface area contributed by atoms with E-state index in [1.54, 1.807) is 18.3 Å². The summed E-state index contributed by atoms with van der Waals surface area (Å²) in [4.78, 5) is 21.6. The van der Waals surface area contributed by atoms with E-state index < -0.39 is 17.3 Å². The number of methoxy groups -OCH3 is 1. The number of ether oxygens (including phenoxy) is 2. The first-order valence-corrected chi connectivity index (χ1v) is 13.0. The molecule has 1 unspecified atom stereocenters. The Bertz CT molecular complexity index is 1350. The Balaban J connectivity index is 0.00000195. The molecule has 4 rings (SSSR count). The van der Waals surface area contributed by atoms with E-state index in [1.807, 2.05) is 65.0 Å². The number of esters is 1. The molecule has 4 aromatic rings. The second-order valence-electron chi connectivity index (χ2n) is 9.76. The number of H-pyrrole nitrogens is 1.